The number of hydrogen-bond acceptors (Lipinski definition) is 6. The Morgan fingerprint density at radius 1 is 0.881 bits per heavy atom. The van der Waals surface area contributed by atoms with Crippen LogP contribution in [0.5, 0.6) is 5.75 Å². The molecular weight excluding hydrogens is 549 g/mol. The van der Waals surface area contributed by atoms with Crippen LogP contribution in [0.2, 0.25) is 0 Å². The van der Waals surface area contributed by atoms with Gasteiger partial charge in [-0.15, -0.1) is 13.2 Å². The largest absolute Gasteiger partial charge is 0.573 e. The van der Waals surface area contributed by atoms with Crippen LogP contribution >= 0.6 is 0 Å². The monoisotopic (exact) mass is 586 g/mol. The predicted octanol–water partition coefficient (Wildman–Crippen LogP) is 8.05. The molecule has 0 N–H and O–H groups in total. The lowest BCUT2D eigenvalue weighted by Crippen LogP contribution is -2.53. The van der Waals surface area contributed by atoms with Gasteiger partial charge in [0.2, 0.25) is 0 Å². The van der Waals surface area contributed by atoms with Crippen LogP contribution in [0.1, 0.15) is 66.4 Å². The number of amides is 1. The van der Waals surface area contributed by atoms with Gasteiger partial charge in [0.15, 0.2) is 0 Å². The lowest BCUT2D eigenvalue weighted by atomic mass is 10.0. The first-order valence-electron chi connectivity index (χ1n) is 13.9. The summed E-state index contributed by atoms with van der Waals surface area (Å²) in [6, 6.07) is 12.6. The fraction of sp³-hybridized carbons (Fsp3) is 0.438. The third-order valence-electron chi connectivity index (χ3n) is 6.50. The van der Waals surface area contributed by atoms with Gasteiger partial charge in [0.25, 0.3) is 0 Å². The molecule has 4 rings (SSSR count). The van der Waals surface area contributed by atoms with Gasteiger partial charge in [0.1, 0.15) is 23.1 Å². The maximum Gasteiger partial charge on any atom is 0.573 e. The lowest BCUT2D eigenvalue weighted by Gasteiger charge is -2.42. The minimum Gasteiger partial charge on any atom is -0.460 e. The Labute approximate surface area is 244 Å². The number of rotatable bonds is 6. The van der Waals surface area contributed by atoms with Crippen LogP contribution in [0.4, 0.5) is 29.3 Å². The second-order valence-corrected chi connectivity index (χ2v) is 12.3. The first-order chi connectivity index (χ1) is 19.5. The SMILES string of the molecule is CC(C)(C)OC(=O)Cc1ccc(N(C(=O)OC(C)(C)C)C2C3=C(C=CN2c2ccc(OC(F)(F)F)cc2)CCC3)cc1. The Morgan fingerprint density at radius 3 is 2.07 bits per heavy atom. The van der Waals surface area contributed by atoms with Crippen molar-refractivity contribution < 1.29 is 37.0 Å². The van der Waals surface area contributed by atoms with Gasteiger partial charge in [-0.1, -0.05) is 12.1 Å². The van der Waals surface area contributed by atoms with Crippen molar-refractivity contribution in [3.8, 4) is 5.75 Å². The zero-order valence-electron chi connectivity index (χ0n) is 24.7. The van der Waals surface area contributed by atoms with Crippen molar-refractivity contribution in [2.75, 3.05) is 9.80 Å². The number of esters is 1. The average Bonchev–Trinajstić information content (AvgIpc) is 3.32. The normalized spacial score (nSPS) is 17.2. The number of carbonyl (C=O) groups is 2. The Balaban J connectivity index is 1.72. The van der Waals surface area contributed by atoms with E-state index in [1.165, 1.54) is 24.3 Å². The topological polar surface area (TPSA) is 68.3 Å². The number of ether oxygens (including phenoxy) is 3. The highest BCUT2D eigenvalue weighted by Gasteiger charge is 2.39. The molecule has 0 saturated carbocycles. The van der Waals surface area contributed by atoms with E-state index in [-0.39, 0.29) is 18.1 Å². The van der Waals surface area contributed by atoms with E-state index in [9.17, 15) is 22.8 Å². The highest BCUT2D eigenvalue weighted by molar-refractivity contribution is 5.91. The Morgan fingerprint density at radius 2 is 1.50 bits per heavy atom. The summed E-state index contributed by atoms with van der Waals surface area (Å²) in [5.74, 6) is -0.698. The lowest BCUT2D eigenvalue weighted by molar-refractivity contribution is -0.274. The maximum atomic E-state index is 13.9. The van der Waals surface area contributed by atoms with Crippen LogP contribution in [0.3, 0.4) is 0 Å². The van der Waals surface area contributed by atoms with Crippen molar-refractivity contribution in [2.24, 2.45) is 0 Å². The van der Waals surface area contributed by atoms with Gasteiger partial charge in [-0.2, -0.15) is 0 Å². The van der Waals surface area contributed by atoms with Crippen molar-refractivity contribution in [3.05, 3.63) is 77.5 Å². The van der Waals surface area contributed by atoms with Crippen LogP contribution in [-0.4, -0.2) is 35.8 Å². The minimum absolute atomic E-state index is 0.0733. The highest BCUT2D eigenvalue weighted by Crippen LogP contribution is 2.41. The van der Waals surface area contributed by atoms with Gasteiger partial charge in [-0.05, 0) is 120 Å². The number of carbonyl (C=O) groups excluding carboxylic acids is 2. The summed E-state index contributed by atoms with van der Waals surface area (Å²) < 4.78 is 53.6. The molecular formula is C32H37F3N2O5. The molecule has 1 heterocycles. The maximum absolute atomic E-state index is 13.9. The average molecular weight is 587 g/mol. The molecule has 226 valence electrons. The van der Waals surface area contributed by atoms with Crippen molar-refractivity contribution in [2.45, 2.75) is 91.0 Å². The molecule has 2 aromatic carbocycles. The van der Waals surface area contributed by atoms with Crippen LogP contribution < -0.4 is 14.5 Å². The summed E-state index contributed by atoms with van der Waals surface area (Å²) in [4.78, 5) is 29.7. The van der Waals surface area contributed by atoms with E-state index < -0.39 is 29.8 Å². The molecule has 0 saturated heterocycles. The van der Waals surface area contributed by atoms with E-state index in [4.69, 9.17) is 9.47 Å². The molecule has 0 radical (unpaired) electrons. The van der Waals surface area contributed by atoms with E-state index in [1.807, 2.05) is 17.2 Å². The third-order valence-corrected chi connectivity index (χ3v) is 6.50. The summed E-state index contributed by atoms with van der Waals surface area (Å²) >= 11 is 0. The first kappa shape index (κ1) is 31.0. The van der Waals surface area contributed by atoms with Crippen LogP contribution in [-0.2, 0) is 20.7 Å². The molecule has 1 amide bonds. The quantitative estimate of drug-likeness (QED) is 0.319. The molecule has 10 heteroatoms. The predicted molar refractivity (Wildman–Crippen MR) is 154 cm³/mol. The van der Waals surface area contributed by atoms with Crippen molar-refractivity contribution in [1.82, 2.24) is 0 Å². The Bertz CT molecular complexity index is 1350. The standard InChI is InChI=1S/C32H37F3N2O5/c1-30(2,3)41-27(38)20-21-10-12-24(13-11-21)37(29(39)42-31(4,5)6)28-26-9-7-8-22(26)18-19-36(28)23-14-16-25(17-15-23)40-32(33,34)35/h10-19,28H,7-9,20H2,1-6H3. The minimum atomic E-state index is -4.80. The van der Waals surface area contributed by atoms with Gasteiger partial charge in [-0.3, -0.25) is 9.69 Å². The third kappa shape index (κ3) is 8.08. The molecule has 1 aliphatic carbocycles. The molecule has 42 heavy (non-hydrogen) atoms. The molecule has 7 nitrogen and oxygen atoms in total. The first-order valence-corrected chi connectivity index (χ1v) is 13.9. The number of hydrogen-bond donors (Lipinski definition) is 0. The van der Waals surface area contributed by atoms with Crippen molar-refractivity contribution in [1.29, 1.82) is 0 Å². The number of benzene rings is 2. The molecule has 2 aliphatic rings. The number of anilines is 2. The van der Waals surface area contributed by atoms with Gasteiger partial charge in [-0.25, -0.2) is 4.79 Å². The van der Waals surface area contributed by atoms with Crippen molar-refractivity contribution >= 4 is 23.4 Å². The van der Waals surface area contributed by atoms with Crippen LogP contribution in [0.15, 0.2) is 72.0 Å². The molecule has 1 unspecified atom stereocenters. The number of alkyl halides is 3. The molecule has 0 aromatic heterocycles. The smallest absolute Gasteiger partial charge is 0.460 e. The summed E-state index contributed by atoms with van der Waals surface area (Å²) in [5, 5.41) is 0. The van der Waals surface area contributed by atoms with Gasteiger partial charge >= 0.3 is 18.4 Å². The van der Waals surface area contributed by atoms with Gasteiger partial charge in [0.05, 0.1) is 6.42 Å². The van der Waals surface area contributed by atoms with Crippen LogP contribution in [0, 0.1) is 0 Å². The van der Waals surface area contributed by atoms with Gasteiger partial charge < -0.3 is 19.1 Å². The number of halogens is 3. The van der Waals surface area contributed by atoms with E-state index in [0.29, 0.717) is 11.4 Å². The fourth-order valence-electron chi connectivity index (χ4n) is 5.00. The number of nitrogens with zero attached hydrogens (tertiary/aromatic N) is 2. The van der Waals surface area contributed by atoms with E-state index in [2.05, 4.69) is 4.74 Å². The van der Waals surface area contributed by atoms with Crippen molar-refractivity contribution in [3.63, 3.8) is 0 Å². The summed E-state index contributed by atoms with van der Waals surface area (Å²) in [6.07, 6.45) is 0.383. The summed E-state index contributed by atoms with van der Waals surface area (Å²) in [6.45, 7) is 10.8. The number of allylic oxidation sites excluding steroid dienone is 2. The second kappa shape index (κ2) is 11.7. The summed E-state index contributed by atoms with van der Waals surface area (Å²) in [7, 11) is 0. The molecule has 2 aromatic rings. The fourth-order valence-corrected chi connectivity index (χ4v) is 5.00. The zero-order chi connectivity index (χ0) is 30.9. The van der Waals surface area contributed by atoms with Crippen LogP contribution in [0.25, 0.3) is 0 Å². The molecule has 0 spiro atoms. The van der Waals surface area contributed by atoms with E-state index >= 15 is 0 Å². The Hall–Kier alpha value is -3.95. The van der Waals surface area contributed by atoms with E-state index in [0.717, 1.165) is 36.0 Å². The highest BCUT2D eigenvalue weighted by atomic mass is 19.4. The van der Waals surface area contributed by atoms with E-state index in [1.54, 1.807) is 70.7 Å². The molecule has 1 atom stereocenters. The Kier molecular flexibility index (Phi) is 8.66. The summed E-state index contributed by atoms with van der Waals surface area (Å²) in [5.41, 5.74) is 2.58. The molecule has 1 aliphatic heterocycles. The second-order valence-electron chi connectivity index (χ2n) is 12.3. The van der Waals surface area contributed by atoms with Gasteiger partial charge in [0, 0.05) is 17.6 Å². The zero-order valence-corrected chi connectivity index (χ0v) is 24.7. The molecule has 0 fully saturated rings. The molecule has 0 bridgehead atoms.